The Morgan fingerprint density at radius 2 is 2.00 bits per heavy atom. The van der Waals surface area contributed by atoms with Crippen molar-refractivity contribution in [3.63, 3.8) is 0 Å². The van der Waals surface area contributed by atoms with Crippen molar-refractivity contribution in [1.29, 1.82) is 0 Å². The van der Waals surface area contributed by atoms with Gasteiger partial charge in [-0.3, -0.25) is 4.79 Å². The SMILES string of the molecule is CCCC(C)(C)NC(=O)c1cc(Cl)ccc1NCC. The Balaban J connectivity index is 2.95. The molecule has 4 heteroatoms. The number of hydrogen-bond donors (Lipinski definition) is 2. The van der Waals surface area contributed by atoms with E-state index in [1.54, 1.807) is 12.1 Å². The lowest BCUT2D eigenvalue weighted by Gasteiger charge is -2.26. The van der Waals surface area contributed by atoms with Crippen molar-refractivity contribution in [2.24, 2.45) is 0 Å². The highest BCUT2D eigenvalue weighted by atomic mass is 35.5. The molecule has 0 fully saturated rings. The lowest BCUT2D eigenvalue weighted by molar-refractivity contribution is 0.0910. The van der Waals surface area contributed by atoms with Gasteiger partial charge in [0.1, 0.15) is 0 Å². The van der Waals surface area contributed by atoms with Crippen molar-refractivity contribution in [2.75, 3.05) is 11.9 Å². The molecule has 0 aromatic heterocycles. The normalized spacial score (nSPS) is 11.2. The summed E-state index contributed by atoms with van der Waals surface area (Å²) < 4.78 is 0. The Kier molecular flexibility index (Phi) is 5.67. The third-order valence-corrected chi connectivity index (χ3v) is 3.16. The molecule has 0 aliphatic heterocycles. The second-order valence-corrected chi connectivity index (χ2v) is 5.74. The summed E-state index contributed by atoms with van der Waals surface area (Å²) in [5.41, 5.74) is 1.20. The minimum atomic E-state index is -0.211. The molecule has 19 heavy (non-hydrogen) atoms. The van der Waals surface area contributed by atoms with Crippen molar-refractivity contribution in [2.45, 2.75) is 46.1 Å². The Labute approximate surface area is 120 Å². The number of carbonyl (C=O) groups is 1. The van der Waals surface area contributed by atoms with Crippen molar-refractivity contribution < 1.29 is 4.79 Å². The average molecular weight is 283 g/mol. The molecule has 0 saturated carbocycles. The molecule has 2 N–H and O–H groups in total. The zero-order chi connectivity index (χ0) is 14.5. The minimum absolute atomic E-state index is 0.0862. The lowest BCUT2D eigenvalue weighted by Crippen LogP contribution is -2.43. The van der Waals surface area contributed by atoms with Gasteiger partial charge in [0.15, 0.2) is 0 Å². The van der Waals surface area contributed by atoms with E-state index in [-0.39, 0.29) is 11.4 Å². The predicted molar refractivity (Wildman–Crippen MR) is 82.1 cm³/mol. The van der Waals surface area contributed by atoms with Gasteiger partial charge in [-0.25, -0.2) is 0 Å². The Morgan fingerprint density at radius 3 is 2.58 bits per heavy atom. The molecule has 1 rings (SSSR count). The number of hydrogen-bond acceptors (Lipinski definition) is 2. The van der Waals surface area contributed by atoms with E-state index < -0.39 is 0 Å². The number of rotatable bonds is 6. The Hall–Kier alpha value is -1.22. The van der Waals surface area contributed by atoms with Gasteiger partial charge in [0.2, 0.25) is 0 Å². The van der Waals surface area contributed by atoms with Gasteiger partial charge in [0.05, 0.1) is 5.56 Å². The fourth-order valence-electron chi connectivity index (χ4n) is 2.11. The molecule has 3 nitrogen and oxygen atoms in total. The molecule has 0 radical (unpaired) electrons. The van der Waals surface area contributed by atoms with E-state index in [0.717, 1.165) is 25.1 Å². The van der Waals surface area contributed by atoms with Crippen molar-refractivity contribution in [3.8, 4) is 0 Å². The van der Waals surface area contributed by atoms with E-state index >= 15 is 0 Å². The molecule has 0 unspecified atom stereocenters. The first-order valence-corrected chi connectivity index (χ1v) is 7.13. The third kappa shape index (κ3) is 4.75. The zero-order valence-corrected chi connectivity index (χ0v) is 12.9. The first kappa shape index (κ1) is 15.8. The molecule has 106 valence electrons. The number of carbonyl (C=O) groups excluding carboxylic acids is 1. The zero-order valence-electron chi connectivity index (χ0n) is 12.1. The lowest BCUT2D eigenvalue weighted by atomic mass is 9.98. The summed E-state index contributed by atoms with van der Waals surface area (Å²) in [6, 6.07) is 5.33. The molecule has 0 heterocycles. The van der Waals surface area contributed by atoms with Crippen LogP contribution in [0, 0.1) is 0 Å². The number of benzene rings is 1. The summed E-state index contributed by atoms with van der Waals surface area (Å²) in [5.74, 6) is -0.0862. The molecular formula is C15H23ClN2O. The molecule has 1 amide bonds. The van der Waals surface area contributed by atoms with E-state index in [1.165, 1.54) is 0 Å². The molecule has 1 aromatic rings. The van der Waals surface area contributed by atoms with Gasteiger partial charge in [0.25, 0.3) is 5.91 Å². The van der Waals surface area contributed by atoms with Crippen LogP contribution in [-0.2, 0) is 0 Å². The van der Waals surface area contributed by atoms with Crippen LogP contribution in [0.1, 0.15) is 50.9 Å². The van der Waals surface area contributed by atoms with Gasteiger partial charge in [0, 0.05) is 22.8 Å². The standard InChI is InChI=1S/C15H23ClN2O/c1-5-9-15(3,4)18-14(19)12-10-11(16)7-8-13(12)17-6-2/h7-8,10,17H,5-6,9H2,1-4H3,(H,18,19). The molecule has 0 spiro atoms. The number of nitrogens with one attached hydrogen (secondary N) is 2. The maximum Gasteiger partial charge on any atom is 0.253 e. The monoisotopic (exact) mass is 282 g/mol. The molecule has 0 bridgehead atoms. The van der Waals surface area contributed by atoms with Crippen LogP contribution in [0.15, 0.2) is 18.2 Å². The minimum Gasteiger partial charge on any atom is -0.385 e. The topological polar surface area (TPSA) is 41.1 Å². The summed E-state index contributed by atoms with van der Waals surface area (Å²) in [6.45, 7) is 8.94. The average Bonchev–Trinajstić information content (AvgIpc) is 2.30. The number of amides is 1. The molecule has 0 aliphatic rings. The Morgan fingerprint density at radius 1 is 1.32 bits per heavy atom. The van der Waals surface area contributed by atoms with Crippen LogP contribution in [0.4, 0.5) is 5.69 Å². The number of anilines is 1. The van der Waals surface area contributed by atoms with Crippen LogP contribution in [0.2, 0.25) is 5.02 Å². The van der Waals surface area contributed by atoms with Crippen LogP contribution in [-0.4, -0.2) is 18.0 Å². The van der Waals surface area contributed by atoms with E-state index in [4.69, 9.17) is 11.6 Å². The molecule has 0 aliphatic carbocycles. The second kappa shape index (κ2) is 6.80. The van der Waals surface area contributed by atoms with Crippen molar-refractivity contribution in [3.05, 3.63) is 28.8 Å². The summed E-state index contributed by atoms with van der Waals surface area (Å²) in [6.07, 6.45) is 1.97. The first-order valence-electron chi connectivity index (χ1n) is 6.75. The largest absolute Gasteiger partial charge is 0.385 e. The van der Waals surface area contributed by atoms with Crippen LogP contribution in [0.5, 0.6) is 0 Å². The van der Waals surface area contributed by atoms with E-state index in [9.17, 15) is 4.79 Å². The highest BCUT2D eigenvalue weighted by Crippen LogP contribution is 2.22. The molecular weight excluding hydrogens is 260 g/mol. The fraction of sp³-hybridized carbons (Fsp3) is 0.533. The van der Waals surface area contributed by atoms with E-state index in [2.05, 4.69) is 17.6 Å². The van der Waals surface area contributed by atoms with E-state index in [1.807, 2.05) is 26.8 Å². The summed E-state index contributed by atoms with van der Waals surface area (Å²) in [5, 5.41) is 6.81. The number of halogens is 1. The quantitative estimate of drug-likeness (QED) is 0.825. The van der Waals surface area contributed by atoms with E-state index in [0.29, 0.717) is 10.6 Å². The van der Waals surface area contributed by atoms with Gasteiger partial charge in [-0.2, -0.15) is 0 Å². The molecule has 0 saturated heterocycles. The fourth-order valence-corrected chi connectivity index (χ4v) is 2.28. The van der Waals surface area contributed by atoms with Gasteiger partial charge in [-0.05, 0) is 45.4 Å². The smallest absolute Gasteiger partial charge is 0.253 e. The van der Waals surface area contributed by atoms with Crippen LogP contribution in [0.25, 0.3) is 0 Å². The molecule has 1 aromatic carbocycles. The maximum atomic E-state index is 12.4. The van der Waals surface area contributed by atoms with Crippen LogP contribution < -0.4 is 10.6 Å². The second-order valence-electron chi connectivity index (χ2n) is 5.31. The Bertz CT molecular complexity index is 444. The molecule has 0 atom stereocenters. The summed E-state index contributed by atoms with van der Waals surface area (Å²) >= 11 is 5.99. The first-order chi connectivity index (χ1) is 8.89. The van der Waals surface area contributed by atoms with Crippen molar-refractivity contribution in [1.82, 2.24) is 5.32 Å². The van der Waals surface area contributed by atoms with Crippen molar-refractivity contribution >= 4 is 23.2 Å². The van der Waals surface area contributed by atoms with Gasteiger partial charge in [-0.1, -0.05) is 24.9 Å². The highest BCUT2D eigenvalue weighted by molar-refractivity contribution is 6.31. The summed E-state index contributed by atoms with van der Waals surface area (Å²) in [7, 11) is 0. The highest BCUT2D eigenvalue weighted by Gasteiger charge is 2.21. The van der Waals surface area contributed by atoms with Gasteiger partial charge >= 0.3 is 0 Å². The van der Waals surface area contributed by atoms with Gasteiger partial charge < -0.3 is 10.6 Å². The van der Waals surface area contributed by atoms with Crippen LogP contribution >= 0.6 is 11.6 Å². The summed E-state index contributed by atoms with van der Waals surface area (Å²) in [4.78, 5) is 12.4. The third-order valence-electron chi connectivity index (χ3n) is 2.92. The van der Waals surface area contributed by atoms with Crippen LogP contribution in [0.3, 0.4) is 0 Å². The maximum absolute atomic E-state index is 12.4. The predicted octanol–water partition coefficient (Wildman–Crippen LogP) is 4.08. The van der Waals surface area contributed by atoms with Gasteiger partial charge in [-0.15, -0.1) is 0 Å².